The van der Waals surface area contributed by atoms with Crippen LogP contribution in [0, 0.1) is 0 Å². The number of unbranched alkanes of at least 4 members (excludes halogenated alkanes) is 9. The Morgan fingerprint density at radius 2 is 1.30 bits per heavy atom. The van der Waals surface area contributed by atoms with E-state index in [1.165, 1.54) is 44.9 Å². The van der Waals surface area contributed by atoms with Crippen molar-refractivity contribution < 1.29 is 14.4 Å². The summed E-state index contributed by atoms with van der Waals surface area (Å²) in [5.41, 5.74) is 10.1. The largest absolute Gasteiger partial charge is 0.352 e. The molecule has 0 unspecified atom stereocenters. The Bertz CT molecular complexity index is 361. The van der Waals surface area contributed by atoms with Crippen molar-refractivity contribution in [3.8, 4) is 0 Å². The lowest BCUT2D eigenvalue weighted by molar-refractivity contribution is -0.127. The number of nitrogens with zero attached hydrogens (tertiary/aromatic N) is 1. The molecule has 0 aromatic heterocycles. The van der Waals surface area contributed by atoms with Crippen LogP contribution >= 0.6 is 0 Å². The van der Waals surface area contributed by atoms with E-state index in [4.69, 9.17) is 11.5 Å². The summed E-state index contributed by atoms with van der Waals surface area (Å²) in [4.78, 5) is 34.5. The maximum Gasteiger partial charge on any atom is 0.321 e. The lowest BCUT2D eigenvalue weighted by Gasteiger charge is -2.18. The van der Waals surface area contributed by atoms with Crippen molar-refractivity contribution in [2.45, 2.75) is 71.1 Å². The molecule has 0 atom stereocenters. The molecular formula is C16H32N4O3. The predicted molar refractivity (Wildman–Crippen MR) is 90.7 cm³/mol. The van der Waals surface area contributed by atoms with Crippen molar-refractivity contribution >= 4 is 18.0 Å². The first-order valence-electron chi connectivity index (χ1n) is 8.62. The normalized spacial score (nSPS) is 10.3. The van der Waals surface area contributed by atoms with Gasteiger partial charge in [0, 0.05) is 6.54 Å². The lowest BCUT2D eigenvalue weighted by Crippen LogP contribution is -2.47. The molecule has 0 spiro atoms. The summed E-state index contributed by atoms with van der Waals surface area (Å²) in [7, 11) is 0. The van der Waals surface area contributed by atoms with Gasteiger partial charge >= 0.3 is 12.1 Å². The zero-order valence-electron chi connectivity index (χ0n) is 14.3. The van der Waals surface area contributed by atoms with Gasteiger partial charge in [0.1, 0.15) is 0 Å². The summed E-state index contributed by atoms with van der Waals surface area (Å²) in [6.07, 6.45) is 11.7. The van der Waals surface area contributed by atoms with Gasteiger partial charge in [-0.3, -0.25) is 9.69 Å². The van der Waals surface area contributed by atoms with Crippen LogP contribution in [0.3, 0.4) is 0 Å². The van der Waals surface area contributed by atoms with Crippen LogP contribution in [0.15, 0.2) is 0 Å². The molecule has 23 heavy (non-hydrogen) atoms. The second kappa shape index (κ2) is 13.8. The topological polar surface area (TPSA) is 119 Å². The number of carbonyl (C=O) groups excluding carboxylic acids is 3. The Morgan fingerprint density at radius 1 is 0.826 bits per heavy atom. The third-order valence-corrected chi connectivity index (χ3v) is 3.72. The fourth-order valence-corrected chi connectivity index (χ4v) is 2.37. The van der Waals surface area contributed by atoms with Crippen LogP contribution in [-0.2, 0) is 4.79 Å². The van der Waals surface area contributed by atoms with Crippen molar-refractivity contribution in [3.05, 3.63) is 0 Å². The van der Waals surface area contributed by atoms with E-state index in [1.807, 2.05) is 0 Å². The zero-order valence-corrected chi connectivity index (χ0v) is 14.3. The molecule has 0 rings (SSSR count). The standard InChI is InChI=1S/C16H32N4O3/c1-2-3-4-5-6-7-8-9-10-11-12-20(16(18)23)14(21)13-19-15(17)22/h2-13H2,1H3,(H2,18,23)(H3,17,19,22). The van der Waals surface area contributed by atoms with E-state index in [9.17, 15) is 14.4 Å². The molecule has 7 nitrogen and oxygen atoms in total. The first-order valence-corrected chi connectivity index (χ1v) is 8.62. The molecule has 0 heterocycles. The summed E-state index contributed by atoms with van der Waals surface area (Å²) < 4.78 is 0. The summed E-state index contributed by atoms with van der Waals surface area (Å²) >= 11 is 0. The maximum atomic E-state index is 11.7. The summed E-state index contributed by atoms with van der Waals surface area (Å²) in [5.74, 6) is -0.535. The number of hydrogen-bond acceptors (Lipinski definition) is 3. The fraction of sp³-hybridized carbons (Fsp3) is 0.812. The van der Waals surface area contributed by atoms with Gasteiger partial charge in [0.05, 0.1) is 6.54 Å². The molecule has 0 saturated heterocycles. The second-order valence-corrected chi connectivity index (χ2v) is 5.78. The molecule has 0 radical (unpaired) electrons. The molecule has 0 bridgehead atoms. The molecule has 0 aromatic rings. The molecule has 134 valence electrons. The Balaban J connectivity index is 3.71. The minimum Gasteiger partial charge on any atom is -0.352 e. The van der Waals surface area contributed by atoms with Crippen LogP contribution in [0.1, 0.15) is 71.1 Å². The van der Waals surface area contributed by atoms with E-state index in [2.05, 4.69) is 12.2 Å². The molecule has 0 saturated carbocycles. The summed E-state index contributed by atoms with van der Waals surface area (Å²) in [6, 6.07) is -1.60. The van der Waals surface area contributed by atoms with E-state index >= 15 is 0 Å². The highest BCUT2D eigenvalue weighted by atomic mass is 16.2. The van der Waals surface area contributed by atoms with E-state index < -0.39 is 18.0 Å². The molecule has 0 aliphatic heterocycles. The van der Waals surface area contributed by atoms with E-state index in [1.54, 1.807) is 0 Å². The molecule has 0 aromatic carbocycles. The minimum atomic E-state index is -0.804. The zero-order chi connectivity index (χ0) is 17.5. The average Bonchev–Trinajstić information content (AvgIpc) is 2.50. The molecule has 5 amide bonds. The third kappa shape index (κ3) is 12.4. The second-order valence-electron chi connectivity index (χ2n) is 5.78. The first-order chi connectivity index (χ1) is 11.0. The number of hydrogen-bond donors (Lipinski definition) is 3. The average molecular weight is 328 g/mol. The van der Waals surface area contributed by atoms with Crippen molar-refractivity contribution in [2.24, 2.45) is 11.5 Å². The summed E-state index contributed by atoms with van der Waals surface area (Å²) in [5, 5.41) is 2.16. The van der Waals surface area contributed by atoms with Gasteiger partial charge < -0.3 is 16.8 Å². The highest BCUT2D eigenvalue weighted by molar-refractivity contribution is 5.95. The van der Waals surface area contributed by atoms with Gasteiger partial charge in [-0.05, 0) is 6.42 Å². The number of carbonyl (C=O) groups is 3. The molecular weight excluding hydrogens is 296 g/mol. The van der Waals surface area contributed by atoms with Gasteiger partial charge in [-0.25, -0.2) is 9.59 Å². The van der Waals surface area contributed by atoms with Crippen molar-refractivity contribution in [1.82, 2.24) is 10.2 Å². The number of primary amides is 2. The minimum absolute atomic E-state index is 0.283. The number of amides is 5. The van der Waals surface area contributed by atoms with Gasteiger partial charge in [-0.2, -0.15) is 0 Å². The number of imide groups is 1. The number of nitrogens with one attached hydrogen (secondary N) is 1. The van der Waals surface area contributed by atoms with Crippen LogP contribution in [-0.4, -0.2) is 36.0 Å². The SMILES string of the molecule is CCCCCCCCCCCCN(C(N)=O)C(=O)CNC(N)=O. The van der Waals surface area contributed by atoms with Crippen LogP contribution < -0.4 is 16.8 Å². The number of nitrogens with two attached hydrogens (primary N) is 2. The van der Waals surface area contributed by atoms with Crippen molar-refractivity contribution in [3.63, 3.8) is 0 Å². The van der Waals surface area contributed by atoms with Gasteiger partial charge in [0.2, 0.25) is 5.91 Å². The third-order valence-electron chi connectivity index (χ3n) is 3.72. The van der Waals surface area contributed by atoms with Crippen LogP contribution in [0.5, 0.6) is 0 Å². The highest BCUT2D eigenvalue weighted by Gasteiger charge is 2.18. The molecule has 5 N–H and O–H groups in total. The Kier molecular flexibility index (Phi) is 12.8. The molecule has 0 aliphatic rings. The van der Waals surface area contributed by atoms with E-state index in [0.717, 1.165) is 24.2 Å². The maximum absolute atomic E-state index is 11.7. The van der Waals surface area contributed by atoms with Gasteiger partial charge in [0.15, 0.2) is 0 Å². The summed E-state index contributed by atoms with van der Waals surface area (Å²) in [6.45, 7) is 2.19. The molecule has 7 heteroatoms. The number of urea groups is 2. The Morgan fingerprint density at radius 3 is 1.74 bits per heavy atom. The van der Waals surface area contributed by atoms with Crippen LogP contribution in [0.2, 0.25) is 0 Å². The first kappa shape index (κ1) is 21.2. The van der Waals surface area contributed by atoms with Gasteiger partial charge in [0.25, 0.3) is 0 Å². The van der Waals surface area contributed by atoms with Gasteiger partial charge in [-0.15, -0.1) is 0 Å². The van der Waals surface area contributed by atoms with Crippen LogP contribution in [0.4, 0.5) is 9.59 Å². The fourth-order valence-electron chi connectivity index (χ4n) is 2.37. The lowest BCUT2D eigenvalue weighted by atomic mass is 10.1. The Hall–Kier alpha value is -1.79. The monoisotopic (exact) mass is 328 g/mol. The van der Waals surface area contributed by atoms with Gasteiger partial charge in [-0.1, -0.05) is 64.7 Å². The predicted octanol–water partition coefficient (Wildman–Crippen LogP) is 2.48. The quantitative estimate of drug-likeness (QED) is 0.451. The molecule has 0 aliphatic carbocycles. The Labute approximate surface area is 139 Å². The van der Waals surface area contributed by atoms with E-state index in [-0.39, 0.29) is 13.1 Å². The van der Waals surface area contributed by atoms with Crippen LogP contribution in [0.25, 0.3) is 0 Å². The smallest absolute Gasteiger partial charge is 0.321 e. The molecule has 0 fully saturated rings. The highest BCUT2D eigenvalue weighted by Crippen LogP contribution is 2.10. The van der Waals surface area contributed by atoms with Crippen molar-refractivity contribution in [2.75, 3.05) is 13.1 Å². The van der Waals surface area contributed by atoms with E-state index in [0.29, 0.717) is 0 Å². The van der Waals surface area contributed by atoms with Crippen molar-refractivity contribution in [1.29, 1.82) is 0 Å². The number of rotatable bonds is 13.